The molecule has 1 atom stereocenters. The lowest BCUT2D eigenvalue weighted by atomic mass is 9.98. The molecule has 3 N–H and O–H groups in total. The lowest BCUT2D eigenvalue weighted by molar-refractivity contribution is 0.0987. The molecule has 0 bridgehead atoms. The Kier molecular flexibility index (Phi) is 3.58. The van der Waals surface area contributed by atoms with Gasteiger partial charge >= 0.3 is 0 Å². The summed E-state index contributed by atoms with van der Waals surface area (Å²) in [5.41, 5.74) is 8.14. The van der Waals surface area contributed by atoms with Gasteiger partial charge < -0.3 is 15.7 Å². The number of hydrogen-bond donors (Lipinski definition) is 2. The Hall–Kier alpha value is -2.40. The van der Waals surface area contributed by atoms with Crippen molar-refractivity contribution in [1.82, 2.24) is 4.98 Å². The zero-order valence-electron chi connectivity index (χ0n) is 11.6. The maximum absolute atomic E-state index is 12.7. The van der Waals surface area contributed by atoms with Crippen LogP contribution in [-0.2, 0) is 0 Å². The molecular weight excluding hydrogens is 266 g/mol. The fourth-order valence-electron chi connectivity index (χ4n) is 2.84. The molecule has 0 radical (unpaired) electrons. The van der Waals surface area contributed by atoms with Crippen molar-refractivity contribution in [2.75, 3.05) is 18.0 Å². The van der Waals surface area contributed by atoms with Crippen molar-refractivity contribution >= 4 is 11.6 Å². The first-order chi connectivity index (χ1) is 10.2. The molecule has 1 aliphatic heterocycles. The number of para-hydroxylation sites is 1. The van der Waals surface area contributed by atoms with E-state index in [4.69, 9.17) is 5.73 Å². The molecule has 0 fully saturated rings. The molecule has 1 unspecified atom stereocenters. The molecule has 1 amide bonds. The number of amides is 1. The molecule has 0 aliphatic carbocycles. The summed E-state index contributed by atoms with van der Waals surface area (Å²) in [6, 6.07) is 9.33. The van der Waals surface area contributed by atoms with E-state index in [1.807, 2.05) is 24.3 Å². The Morgan fingerprint density at radius 2 is 2.19 bits per heavy atom. The van der Waals surface area contributed by atoms with Gasteiger partial charge in [-0.15, -0.1) is 0 Å². The smallest absolute Gasteiger partial charge is 0.260 e. The quantitative estimate of drug-likeness (QED) is 0.901. The summed E-state index contributed by atoms with van der Waals surface area (Å²) < 4.78 is 0. The fraction of sp³-hybridized carbons (Fsp3) is 0.250. The number of hydrogen-bond acceptors (Lipinski definition) is 4. The predicted molar refractivity (Wildman–Crippen MR) is 80.4 cm³/mol. The maximum atomic E-state index is 12.7. The molecular formula is C16H17N3O2. The lowest BCUT2D eigenvalue weighted by Crippen LogP contribution is -2.30. The van der Waals surface area contributed by atoms with Gasteiger partial charge in [-0.25, -0.2) is 0 Å². The molecule has 1 aliphatic rings. The topological polar surface area (TPSA) is 79.5 Å². The van der Waals surface area contributed by atoms with Gasteiger partial charge in [-0.3, -0.25) is 9.78 Å². The van der Waals surface area contributed by atoms with Crippen LogP contribution < -0.4 is 10.6 Å². The molecule has 3 rings (SSSR count). The van der Waals surface area contributed by atoms with Crippen molar-refractivity contribution in [2.24, 2.45) is 5.73 Å². The third-order valence-corrected chi connectivity index (χ3v) is 3.80. The standard InChI is InChI=1S/C16H17N3O2/c17-6-5-11-10-19(15-4-2-1-3-14(11)15)16(21)12-7-13(20)9-18-8-12/h1-4,7-9,11,20H,5-6,10,17H2. The number of nitrogens with two attached hydrogens (primary N) is 1. The van der Waals surface area contributed by atoms with E-state index in [2.05, 4.69) is 4.98 Å². The van der Waals surface area contributed by atoms with Crippen LogP contribution in [0.25, 0.3) is 0 Å². The van der Waals surface area contributed by atoms with Crippen molar-refractivity contribution in [2.45, 2.75) is 12.3 Å². The first-order valence-corrected chi connectivity index (χ1v) is 6.95. The normalized spacial score (nSPS) is 16.8. The van der Waals surface area contributed by atoms with E-state index in [0.717, 1.165) is 17.7 Å². The SMILES string of the molecule is NCCC1CN(C(=O)c2cncc(O)c2)c2ccccc21. The lowest BCUT2D eigenvalue weighted by Gasteiger charge is -2.17. The average Bonchev–Trinajstić information content (AvgIpc) is 2.86. The van der Waals surface area contributed by atoms with Crippen LogP contribution >= 0.6 is 0 Å². The number of aromatic hydroxyl groups is 1. The van der Waals surface area contributed by atoms with E-state index in [-0.39, 0.29) is 17.6 Å². The van der Waals surface area contributed by atoms with Gasteiger partial charge in [-0.2, -0.15) is 0 Å². The predicted octanol–water partition coefficient (Wildman–Crippen LogP) is 1.88. The Bertz CT molecular complexity index is 672. The highest BCUT2D eigenvalue weighted by atomic mass is 16.3. The highest BCUT2D eigenvalue weighted by Crippen LogP contribution is 2.38. The Labute approximate surface area is 123 Å². The van der Waals surface area contributed by atoms with Gasteiger partial charge in [-0.1, -0.05) is 18.2 Å². The van der Waals surface area contributed by atoms with Gasteiger partial charge in [0.05, 0.1) is 11.8 Å². The molecule has 5 nitrogen and oxygen atoms in total. The maximum Gasteiger partial charge on any atom is 0.260 e. The number of aromatic nitrogens is 1. The van der Waals surface area contributed by atoms with E-state index in [1.165, 1.54) is 18.5 Å². The number of nitrogens with zero attached hydrogens (tertiary/aromatic N) is 2. The fourth-order valence-corrected chi connectivity index (χ4v) is 2.84. The van der Waals surface area contributed by atoms with E-state index >= 15 is 0 Å². The van der Waals surface area contributed by atoms with Gasteiger partial charge in [0.25, 0.3) is 5.91 Å². The van der Waals surface area contributed by atoms with Crippen molar-refractivity contribution in [3.63, 3.8) is 0 Å². The minimum Gasteiger partial charge on any atom is -0.506 e. The largest absolute Gasteiger partial charge is 0.506 e. The highest BCUT2D eigenvalue weighted by molar-refractivity contribution is 6.07. The van der Waals surface area contributed by atoms with Crippen LogP contribution in [0.3, 0.4) is 0 Å². The Morgan fingerprint density at radius 3 is 2.95 bits per heavy atom. The van der Waals surface area contributed by atoms with Gasteiger partial charge in [0, 0.05) is 24.3 Å². The molecule has 5 heteroatoms. The summed E-state index contributed by atoms with van der Waals surface area (Å²) in [6.45, 7) is 1.21. The summed E-state index contributed by atoms with van der Waals surface area (Å²) in [5, 5.41) is 9.49. The summed E-state index contributed by atoms with van der Waals surface area (Å²) >= 11 is 0. The van der Waals surface area contributed by atoms with Gasteiger partial charge in [0.2, 0.25) is 0 Å². The molecule has 2 heterocycles. The molecule has 1 aromatic heterocycles. The van der Waals surface area contributed by atoms with E-state index < -0.39 is 0 Å². The van der Waals surface area contributed by atoms with Crippen molar-refractivity contribution in [1.29, 1.82) is 0 Å². The first kappa shape index (κ1) is 13.6. The molecule has 1 aromatic carbocycles. The number of carbonyl (C=O) groups excluding carboxylic acids is 1. The zero-order chi connectivity index (χ0) is 14.8. The molecule has 2 aromatic rings. The second-order valence-electron chi connectivity index (χ2n) is 5.18. The van der Waals surface area contributed by atoms with Crippen LogP contribution in [0.2, 0.25) is 0 Å². The second kappa shape index (κ2) is 5.54. The van der Waals surface area contributed by atoms with Crippen molar-refractivity contribution < 1.29 is 9.90 Å². The molecule has 21 heavy (non-hydrogen) atoms. The number of carbonyl (C=O) groups is 1. The minimum absolute atomic E-state index is 0.00756. The summed E-state index contributed by atoms with van der Waals surface area (Å²) in [6.07, 6.45) is 3.63. The van der Waals surface area contributed by atoms with Crippen molar-refractivity contribution in [3.8, 4) is 5.75 Å². The average molecular weight is 283 g/mol. The molecule has 0 saturated carbocycles. The highest BCUT2D eigenvalue weighted by Gasteiger charge is 2.32. The molecule has 0 saturated heterocycles. The summed E-state index contributed by atoms with van der Waals surface area (Å²) in [4.78, 5) is 18.3. The first-order valence-electron chi connectivity index (χ1n) is 6.95. The molecule has 0 spiro atoms. The van der Waals surface area contributed by atoms with E-state index in [9.17, 15) is 9.90 Å². The van der Waals surface area contributed by atoms with E-state index in [0.29, 0.717) is 18.7 Å². The number of fused-ring (bicyclic) bond motifs is 1. The van der Waals surface area contributed by atoms with Gasteiger partial charge in [-0.05, 0) is 30.7 Å². The number of rotatable bonds is 3. The second-order valence-corrected chi connectivity index (χ2v) is 5.18. The third-order valence-electron chi connectivity index (χ3n) is 3.80. The van der Waals surface area contributed by atoms with Gasteiger partial charge in [0.15, 0.2) is 0 Å². The summed E-state index contributed by atoms with van der Waals surface area (Å²) in [5.74, 6) is 0.109. The third kappa shape index (κ3) is 2.48. The number of anilines is 1. The van der Waals surface area contributed by atoms with Crippen LogP contribution in [-0.4, -0.2) is 29.1 Å². The number of pyridine rings is 1. The Morgan fingerprint density at radius 1 is 1.38 bits per heavy atom. The Balaban J connectivity index is 1.95. The van der Waals surface area contributed by atoms with Crippen LogP contribution in [0.4, 0.5) is 5.69 Å². The molecule has 108 valence electrons. The van der Waals surface area contributed by atoms with Gasteiger partial charge in [0.1, 0.15) is 5.75 Å². The minimum atomic E-state index is -0.148. The monoisotopic (exact) mass is 283 g/mol. The summed E-state index contributed by atoms with van der Waals surface area (Å²) in [7, 11) is 0. The van der Waals surface area contributed by atoms with E-state index in [1.54, 1.807) is 4.90 Å². The zero-order valence-corrected chi connectivity index (χ0v) is 11.6. The van der Waals surface area contributed by atoms with Crippen LogP contribution in [0.1, 0.15) is 28.3 Å². The van der Waals surface area contributed by atoms with Crippen LogP contribution in [0.15, 0.2) is 42.7 Å². The number of benzene rings is 1. The van der Waals surface area contributed by atoms with Crippen LogP contribution in [0, 0.1) is 0 Å². The van der Waals surface area contributed by atoms with Crippen molar-refractivity contribution in [3.05, 3.63) is 53.9 Å². The van der Waals surface area contributed by atoms with Crippen LogP contribution in [0.5, 0.6) is 5.75 Å².